The largest absolute Gasteiger partial charge is 0.330 e. The summed E-state index contributed by atoms with van der Waals surface area (Å²) < 4.78 is 17.4. The highest BCUT2D eigenvalue weighted by molar-refractivity contribution is 9.10. The third-order valence-corrected chi connectivity index (χ3v) is 5.06. The average Bonchev–Trinajstić information content (AvgIpc) is 2.69. The van der Waals surface area contributed by atoms with Gasteiger partial charge >= 0.3 is 0 Å². The van der Waals surface area contributed by atoms with Crippen molar-refractivity contribution >= 4 is 55.1 Å². The Morgan fingerprint density at radius 2 is 2.00 bits per heavy atom. The number of rotatable bonds is 1. The lowest BCUT2D eigenvalue weighted by atomic mass is 10.2. The molecule has 0 aliphatic carbocycles. The van der Waals surface area contributed by atoms with Gasteiger partial charge in [0.15, 0.2) is 4.77 Å². The van der Waals surface area contributed by atoms with Gasteiger partial charge in [-0.1, -0.05) is 12.1 Å². The molecule has 0 bridgehead atoms. The molecule has 1 aromatic heterocycles. The van der Waals surface area contributed by atoms with Crippen molar-refractivity contribution in [2.45, 2.75) is 6.92 Å². The molecular formula is C14H9Br2FN2S. The van der Waals surface area contributed by atoms with Crippen LogP contribution in [0.15, 0.2) is 39.3 Å². The zero-order valence-corrected chi connectivity index (χ0v) is 14.4. The van der Waals surface area contributed by atoms with Crippen LogP contribution in [-0.2, 0) is 0 Å². The SMILES string of the molecule is Cc1cccc(-n2c(=S)[nH]c3cc(F)c(Br)cc32)c1Br. The fourth-order valence-corrected chi connectivity index (χ4v) is 3.23. The summed E-state index contributed by atoms with van der Waals surface area (Å²) in [5.41, 5.74) is 3.54. The maximum Gasteiger partial charge on any atom is 0.182 e. The molecule has 20 heavy (non-hydrogen) atoms. The maximum atomic E-state index is 13.6. The minimum atomic E-state index is -0.316. The van der Waals surface area contributed by atoms with Crippen LogP contribution in [0, 0.1) is 17.5 Å². The summed E-state index contributed by atoms with van der Waals surface area (Å²) >= 11 is 12.2. The quantitative estimate of drug-likeness (QED) is 0.508. The molecule has 0 saturated heterocycles. The van der Waals surface area contributed by atoms with Gasteiger partial charge in [0, 0.05) is 10.5 Å². The Labute approximate surface area is 136 Å². The standard InChI is InChI=1S/C14H9Br2FN2S/c1-7-3-2-4-11(13(7)16)19-12-5-8(15)9(17)6-10(12)18-14(19)20/h2-6H,1H3,(H,18,20). The average molecular weight is 416 g/mol. The van der Waals surface area contributed by atoms with E-state index in [1.165, 1.54) is 6.07 Å². The van der Waals surface area contributed by atoms with Gasteiger partial charge in [-0.3, -0.25) is 4.57 Å². The molecular weight excluding hydrogens is 407 g/mol. The summed E-state index contributed by atoms with van der Waals surface area (Å²) in [5, 5.41) is 0. The number of halogens is 3. The highest BCUT2D eigenvalue weighted by Gasteiger charge is 2.13. The van der Waals surface area contributed by atoms with Crippen molar-refractivity contribution in [1.29, 1.82) is 0 Å². The molecule has 102 valence electrons. The van der Waals surface area contributed by atoms with E-state index >= 15 is 0 Å². The van der Waals surface area contributed by atoms with Crippen molar-refractivity contribution in [2.24, 2.45) is 0 Å². The van der Waals surface area contributed by atoms with Gasteiger partial charge in [0.25, 0.3) is 0 Å². The number of aromatic nitrogens is 2. The second-order valence-corrected chi connectivity index (χ2v) is 6.49. The number of hydrogen-bond acceptors (Lipinski definition) is 1. The first-order chi connectivity index (χ1) is 9.49. The highest BCUT2D eigenvalue weighted by Crippen LogP contribution is 2.30. The zero-order valence-electron chi connectivity index (χ0n) is 10.4. The number of benzene rings is 2. The number of hydrogen-bond donors (Lipinski definition) is 1. The van der Waals surface area contributed by atoms with Crippen molar-refractivity contribution in [2.75, 3.05) is 0 Å². The third kappa shape index (κ3) is 2.16. The van der Waals surface area contributed by atoms with Gasteiger partial charge in [0.2, 0.25) is 0 Å². The van der Waals surface area contributed by atoms with Crippen molar-refractivity contribution in [3.8, 4) is 5.69 Å². The lowest BCUT2D eigenvalue weighted by Gasteiger charge is -2.09. The van der Waals surface area contributed by atoms with Crippen LogP contribution in [0.1, 0.15) is 5.56 Å². The van der Waals surface area contributed by atoms with Crippen LogP contribution in [0.4, 0.5) is 4.39 Å². The second kappa shape index (κ2) is 5.09. The van der Waals surface area contributed by atoms with E-state index in [9.17, 15) is 4.39 Å². The maximum absolute atomic E-state index is 13.6. The Balaban J connectivity index is 2.42. The van der Waals surface area contributed by atoms with Crippen LogP contribution < -0.4 is 0 Å². The fourth-order valence-electron chi connectivity index (χ4n) is 2.15. The van der Waals surface area contributed by atoms with Gasteiger partial charge in [-0.2, -0.15) is 0 Å². The molecule has 0 radical (unpaired) electrons. The number of imidazole rings is 1. The van der Waals surface area contributed by atoms with Gasteiger partial charge < -0.3 is 4.98 Å². The number of nitrogens with zero attached hydrogens (tertiary/aromatic N) is 1. The van der Waals surface area contributed by atoms with Crippen LogP contribution >= 0.6 is 44.1 Å². The molecule has 2 aromatic carbocycles. The Kier molecular flexibility index (Phi) is 3.56. The summed E-state index contributed by atoms with van der Waals surface area (Å²) in [4.78, 5) is 3.04. The van der Waals surface area contributed by atoms with E-state index in [0.717, 1.165) is 21.2 Å². The van der Waals surface area contributed by atoms with Crippen molar-refractivity contribution < 1.29 is 4.39 Å². The number of H-pyrrole nitrogens is 1. The topological polar surface area (TPSA) is 20.7 Å². The van der Waals surface area contributed by atoms with Gasteiger partial charge in [-0.05, 0) is 68.7 Å². The molecule has 0 aliphatic heterocycles. The lowest BCUT2D eigenvalue weighted by Crippen LogP contribution is -1.96. The molecule has 1 N–H and O–H groups in total. The van der Waals surface area contributed by atoms with E-state index in [0.29, 0.717) is 14.8 Å². The van der Waals surface area contributed by atoms with Gasteiger partial charge in [-0.25, -0.2) is 4.39 Å². The molecule has 0 saturated carbocycles. The minimum absolute atomic E-state index is 0.316. The summed E-state index contributed by atoms with van der Waals surface area (Å²) in [6, 6.07) is 9.12. The van der Waals surface area contributed by atoms with E-state index in [4.69, 9.17) is 12.2 Å². The lowest BCUT2D eigenvalue weighted by molar-refractivity contribution is 0.623. The first kappa shape index (κ1) is 14.0. The number of aromatic amines is 1. The first-order valence-electron chi connectivity index (χ1n) is 5.84. The molecule has 2 nitrogen and oxygen atoms in total. The predicted octanol–water partition coefficient (Wildman–Crippen LogP) is 5.66. The van der Waals surface area contributed by atoms with Gasteiger partial charge in [0.05, 0.1) is 21.2 Å². The highest BCUT2D eigenvalue weighted by atomic mass is 79.9. The molecule has 3 aromatic rings. The first-order valence-corrected chi connectivity index (χ1v) is 7.83. The third-order valence-electron chi connectivity index (χ3n) is 3.14. The van der Waals surface area contributed by atoms with Gasteiger partial charge in [0.1, 0.15) is 5.82 Å². The Morgan fingerprint density at radius 1 is 1.25 bits per heavy atom. The number of nitrogens with one attached hydrogen (secondary N) is 1. The molecule has 1 heterocycles. The number of fused-ring (bicyclic) bond motifs is 1. The molecule has 0 spiro atoms. The van der Waals surface area contributed by atoms with Crippen LogP contribution in [0.25, 0.3) is 16.7 Å². The summed E-state index contributed by atoms with van der Waals surface area (Å²) in [7, 11) is 0. The van der Waals surface area contributed by atoms with Gasteiger partial charge in [-0.15, -0.1) is 0 Å². The van der Waals surface area contributed by atoms with Crippen LogP contribution in [0.2, 0.25) is 0 Å². The Morgan fingerprint density at radius 3 is 2.75 bits per heavy atom. The Bertz CT molecular complexity index is 883. The molecule has 0 atom stereocenters. The monoisotopic (exact) mass is 414 g/mol. The zero-order chi connectivity index (χ0) is 14.4. The summed E-state index contributed by atoms with van der Waals surface area (Å²) in [5.74, 6) is -0.316. The number of aryl methyl sites for hydroxylation is 1. The molecule has 3 rings (SSSR count). The van der Waals surface area contributed by atoms with E-state index in [1.54, 1.807) is 6.07 Å². The fraction of sp³-hybridized carbons (Fsp3) is 0.0714. The van der Waals surface area contributed by atoms with E-state index in [1.807, 2.05) is 29.7 Å². The molecule has 0 fully saturated rings. The van der Waals surface area contributed by atoms with E-state index in [2.05, 4.69) is 36.8 Å². The van der Waals surface area contributed by atoms with Crippen LogP contribution in [-0.4, -0.2) is 9.55 Å². The minimum Gasteiger partial charge on any atom is -0.330 e. The van der Waals surface area contributed by atoms with E-state index < -0.39 is 0 Å². The molecule has 0 aliphatic rings. The normalized spacial score (nSPS) is 11.2. The summed E-state index contributed by atoms with van der Waals surface area (Å²) in [6.07, 6.45) is 0. The van der Waals surface area contributed by atoms with Crippen molar-refractivity contribution in [1.82, 2.24) is 9.55 Å². The second-order valence-electron chi connectivity index (χ2n) is 4.46. The summed E-state index contributed by atoms with van der Waals surface area (Å²) in [6.45, 7) is 2.02. The van der Waals surface area contributed by atoms with E-state index in [-0.39, 0.29) is 5.82 Å². The molecule has 6 heteroatoms. The Hall–Kier alpha value is -0.980. The van der Waals surface area contributed by atoms with Crippen molar-refractivity contribution in [3.05, 3.63) is 55.4 Å². The molecule has 0 unspecified atom stereocenters. The van der Waals surface area contributed by atoms with Crippen LogP contribution in [0.5, 0.6) is 0 Å². The van der Waals surface area contributed by atoms with Crippen molar-refractivity contribution in [3.63, 3.8) is 0 Å². The smallest absolute Gasteiger partial charge is 0.182 e. The van der Waals surface area contributed by atoms with Crippen LogP contribution in [0.3, 0.4) is 0 Å². The molecule has 0 amide bonds. The predicted molar refractivity (Wildman–Crippen MR) is 88.6 cm³/mol.